The Bertz CT molecular complexity index is 466. The predicted molar refractivity (Wildman–Crippen MR) is 75.5 cm³/mol. The molecule has 0 aromatic heterocycles. The number of ketones is 1. The van der Waals surface area contributed by atoms with Crippen molar-refractivity contribution in [2.75, 3.05) is 24.7 Å². The molecule has 0 saturated carbocycles. The molecule has 1 fully saturated rings. The summed E-state index contributed by atoms with van der Waals surface area (Å²) in [6.45, 7) is 4.10. The van der Waals surface area contributed by atoms with Crippen LogP contribution in [0.4, 0.5) is 5.69 Å². The quantitative estimate of drug-likeness (QED) is 0.835. The van der Waals surface area contributed by atoms with Crippen molar-refractivity contribution in [1.29, 1.82) is 0 Å². The van der Waals surface area contributed by atoms with Crippen LogP contribution >= 0.6 is 0 Å². The van der Waals surface area contributed by atoms with Gasteiger partial charge in [-0.1, -0.05) is 18.2 Å². The summed E-state index contributed by atoms with van der Waals surface area (Å²) < 4.78 is 5.32. The Kier molecular flexibility index (Phi) is 3.56. The van der Waals surface area contributed by atoms with Gasteiger partial charge < -0.3 is 9.64 Å². The smallest absolute Gasteiger partial charge is 0.157 e. The third-order valence-electron chi connectivity index (χ3n) is 4.38. The number of Topliss-reactive ketones (excluding diaryl/α,β-unsaturated/α-hetero) is 1. The minimum atomic E-state index is 0.112. The van der Waals surface area contributed by atoms with Gasteiger partial charge >= 0.3 is 0 Å². The number of benzene rings is 1. The minimum Gasteiger partial charge on any atom is -0.381 e. The lowest BCUT2D eigenvalue weighted by Crippen LogP contribution is -2.42. The van der Waals surface area contributed by atoms with E-state index in [1.165, 1.54) is 11.3 Å². The summed E-state index contributed by atoms with van der Waals surface area (Å²) in [5.74, 6) is 0.447. The number of hydrogen-bond donors (Lipinski definition) is 0. The van der Waals surface area contributed by atoms with Gasteiger partial charge in [0.15, 0.2) is 5.78 Å². The molecule has 2 atom stereocenters. The summed E-state index contributed by atoms with van der Waals surface area (Å²) in [4.78, 5) is 14.6. The fourth-order valence-electron chi connectivity index (χ4n) is 3.09. The Morgan fingerprint density at radius 3 is 3.00 bits per heavy atom. The first-order chi connectivity index (χ1) is 9.25. The van der Waals surface area contributed by atoms with Crippen LogP contribution in [0.5, 0.6) is 0 Å². The molecule has 2 unspecified atom stereocenters. The number of ether oxygens (including phenoxy) is 1. The molecule has 0 spiro atoms. The second-order valence-corrected chi connectivity index (χ2v) is 5.67. The third-order valence-corrected chi connectivity index (χ3v) is 4.38. The van der Waals surface area contributed by atoms with E-state index in [1.807, 2.05) is 0 Å². The maximum absolute atomic E-state index is 12.3. The molecular weight excluding hydrogens is 238 g/mol. The van der Waals surface area contributed by atoms with Gasteiger partial charge in [-0.15, -0.1) is 0 Å². The molecule has 0 amide bonds. The number of para-hydroxylation sites is 1. The minimum absolute atomic E-state index is 0.112. The largest absolute Gasteiger partial charge is 0.381 e. The van der Waals surface area contributed by atoms with Gasteiger partial charge in [-0.3, -0.25) is 4.79 Å². The molecule has 3 nitrogen and oxygen atoms in total. The molecule has 0 bridgehead atoms. The highest BCUT2D eigenvalue weighted by Gasteiger charge is 2.29. The molecule has 3 heteroatoms. The Balaban J connectivity index is 1.77. The molecule has 2 aliphatic rings. The van der Waals surface area contributed by atoms with Crippen LogP contribution < -0.4 is 4.90 Å². The van der Waals surface area contributed by atoms with Gasteiger partial charge in [0.2, 0.25) is 0 Å². The number of rotatable bonds is 3. The van der Waals surface area contributed by atoms with E-state index in [1.54, 1.807) is 0 Å². The number of anilines is 1. The van der Waals surface area contributed by atoms with E-state index in [0.717, 1.165) is 25.9 Å². The van der Waals surface area contributed by atoms with E-state index in [2.05, 4.69) is 36.1 Å². The fraction of sp³-hybridized carbons (Fsp3) is 0.562. The van der Waals surface area contributed by atoms with Crippen molar-refractivity contribution in [2.24, 2.45) is 5.92 Å². The van der Waals surface area contributed by atoms with E-state index in [4.69, 9.17) is 4.74 Å². The number of aryl methyl sites for hydroxylation is 1. The van der Waals surface area contributed by atoms with Crippen LogP contribution in [-0.4, -0.2) is 31.6 Å². The lowest BCUT2D eigenvalue weighted by Gasteiger charge is -2.37. The van der Waals surface area contributed by atoms with Crippen molar-refractivity contribution in [3.8, 4) is 0 Å². The lowest BCUT2D eigenvalue weighted by molar-refractivity contribution is -0.121. The summed E-state index contributed by atoms with van der Waals surface area (Å²) >= 11 is 0. The normalized spacial score (nSPS) is 26.3. The maximum Gasteiger partial charge on any atom is 0.157 e. The molecule has 2 aliphatic heterocycles. The van der Waals surface area contributed by atoms with E-state index >= 15 is 0 Å². The van der Waals surface area contributed by atoms with Crippen LogP contribution in [-0.2, 0) is 16.0 Å². The van der Waals surface area contributed by atoms with Gasteiger partial charge in [0.25, 0.3) is 0 Å². The zero-order valence-electron chi connectivity index (χ0n) is 11.5. The lowest BCUT2D eigenvalue weighted by atomic mass is 9.95. The van der Waals surface area contributed by atoms with Crippen molar-refractivity contribution >= 4 is 11.5 Å². The maximum atomic E-state index is 12.3. The molecule has 2 heterocycles. The molecular formula is C16H21NO2. The molecule has 19 heavy (non-hydrogen) atoms. The fourth-order valence-corrected chi connectivity index (χ4v) is 3.09. The molecule has 102 valence electrons. The van der Waals surface area contributed by atoms with Crippen LogP contribution in [0.2, 0.25) is 0 Å². The van der Waals surface area contributed by atoms with E-state index < -0.39 is 0 Å². The van der Waals surface area contributed by atoms with Crippen molar-refractivity contribution in [3.63, 3.8) is 0 Å². The standard InChI is InChI=1S/C16H21NO2/c1-12-6-7-13-4-2-3-5-15(13)17(12)10-16(18)14-8-9-19-11-14/h2-5,12,14H,6-11H2,1H3. The van der Waals surface area contributed by atoms with E-state index in [9.17, 15) is 4.79 Å². The first-order valence-electron chi connectivity index (χ1n) is 7.20. The molecule has 1 aromatic carbocycles. The number of nitrogens with zero attached hydrogens (tertiary/aromatic N) is 1. The summed E-state index contributed by atoms with van der Waals surface area (Å²) in [6, 6.07) is 8.91. The van der Waals surface area contributed by atoms with Gasteiger partial charge in [-0.2, -0.15) is 0 Å². The monoisotopic (exact) mass is 259 g/mol. The number of carbonyl (C=O) groups excluding carboxylic acids is 1. The van der Waals surface area contributed by atoms with Gasteiger partial charge in [-0.05, 0) is 37.8 Å². The molecule has 0 N–H and O–H groups in total. The van der Waals surface area contributed by atoms with Crippen molar-refractivity contribution in [2.45, 2.75) is 32.2 Å². The predicted octanol–water partition coefficient (Wildman–Crippen LogP) is 2.43. The number of fused-ring (bicyclic) bond motifs is 1. The van der Waals surface area contributed by atoms with Crippen molar-refractivity contribution in [1.82, 2.24) is 0 Å². The van der Waals surface area contributed by atoms with Gasteiger partial charge in [0, 0.05) is 24.3 Å². The molecule has 1 saturated heterocycles. The molecule has 1 aromatic rings. The topological polar surface area (TPSA) is 29.5 Å². The molecule has 0 radical (unpaired) electrons. The Morgan fingerprint density at radius 2 is 2.21 bits per heavy atom. The number of carbonyl (C=O) groups is 1. The highest BCUT2D eigenvalue weighted by atomic mass is 16.5. The van der Waals surface area contributed by atoms with Gasteiger partial charge in [-0.25, -0.2) is 0 Å². The molecule has 3 rings (SSSR count). The summed E-state index contributed by atoms with van der Waals surface area (Å²) in [5.41, 5.74) is 2.62. The summed E-state index contributed by atoms with van der Waals surface area (Å²) in [6.07, 6.45) is 3.14. The zero-order chi connectivity index (χ0) is 13.2. The zero-order valence-corrected chi connectivity index (χ0v) is 11.5. The van der Waals surface area contributed by atoms with Gasteiger partial charge in [0.05, 0.1) is 13.2 Å². The van der Waals surface area contributed by atoms with Gasteiger partial charge in [0.1, 0.15) is 0 Å². The first kappa shape index (κ1) is 12.7. The van der Waals surface area contributed by atoms with Crippen LogP contribution in [0.3, 0.4) is 0 Å². The average Bonchev–Trinajstić information content (AvgIpc) is 2.96. The molecule has 0 aliphatic carbocycles. The van der Waals surface area contributed by atoms with E-state index in [0.29, 0.717) is 25.0 Å². The van der Waals surface area contributed by atoms with Crippen LogP contribution in [0.1, 0.15) is 25.3 Å². The Hall–Kier alpha value is -1.35. The van der Waals surface area contributed by atoms with Crippen LogP contribution in [0.15, 0.2) is 24.3 Å². The average molecular weight is 259 g/mol. The second-order valence-electron chi connectivity index (χ2n) is 5.67. The number of hydrogen-bond acceptors (Lipinski definition) is 3. The van der Waals surface area contributed by atoms with Crippen molar-refractivity contribution in [3.05, 3.63) is 29.8 Å². The SMILES string of the molecule is CC1CCc2ccccc2N1CC(=O)C1CCOC1. The third kappa shape index (κ3) is 2.52. The van der Waals surface area contributed by atoms with Crippen LogP contribution in [0, 0.1) is 5.92 Å². The summed E-state index contributed by atoms with van der Waals surface area (Å²) in [5, 5.41) is 0. The summed E-state index contributed by atoms with van der Waals surface area (Å²) in [7, 11) is 0. The second kappa shape index (κ2) is 5.33. The van der Waals surface area contributed by atoms with Crippen molar-refractivity contribution < 1.29 is 9.53 Å². The Labute approximate surface area is 114 Å². The van der Waals surface area contributed by atoms with E-state index in [-0.39, 0.29) is 5.92 Å². The Morgan fingerprint density at radius 1 is 1.37 bits per heavy atom. The highest BCUT2D eigenvalue weighted by Crippen LogP contribution is 2.30. The highest BCUT2D eigenvalue weighted by molar-refractivity contribution is 5.86. The first-order valence-corrected chi connectivity index (χ1v) is 7.20. The van der Waals surface area contributed by atoms with Crippen LogP contribution in [0.25, 0.3) is 0 Å².